The molecule has 17 heavy (non-hydrogen) atoms. The summed E-state index contributed by atoms with van der Waals surface area (Å²) >= 11 is 0. The van der Waals surface area contributed by atoms with Crippen LogP contribution in [0.2, 0.25) is 0 Å². The Morgan fingerprint density at radius 2 is 2.29 bits per heavy atom. The molecule has 0 bridgehead atoms. The Hall–Kier alpha value is -1.43. The molecule has 5 heteroatoms. The van der Waals surface area contributed by atoms with Gasteiger partial charge in [-0.2, -0.15) is 0 Å². The number of aromatic amines is 1. The second kappa shape index (κ2) is 5.77. The van der Waals surface area contributed by atoms with Crippen LogP contribution in [0.3, 0.4) is 0 Å². The zero-order valence-electron chi connectivity index (χ0n) is 9.82. The molecule has 5 nitrogen and oxygen atoms in total. The smallest absolute Gasteiger partial charge is 0.0931 e. The number of benzene rings is 1. The summed E-state index contributed by atoms with van der Waals surface area (Å²) < 4.78 is 0. The zero-order chi connectivity index (χ0) is 12.1. The maximum atomic E-state index is 5.71. The topological polar surface area (TPSA) is 92.8 Å². The van der Waals surface area contributed by atoms with E-state index in [0.29, 0.717) is 6.54 Å². The molecule has 2 aromatic rings. The van der Waals surface area contributed by atoms with Crippen molar-refractivity contribution in [2.75, 3.05) is 19.6 Å². The van der Waals surface area contributed by atoms with Crippen molar-refractivity contribution in [3.05, 3.63) is 30.1 Å². The van der Waals surface area contributed by atoms with E-state index in [-0.39, 0.29) is 6.04 Å². The van der Waals surface area contributed by atoms with Gasteiger partial charge in [0.05, 0.1) is 17.4 Å². The van der Waals surface area contributed by atoms with Gasteiger partial charge in [-0.15, -0.1) is 0 Å². The standard InChI is InChI=1S/C12H19N5/c13-6-10(14)7-15-4-3-9-1-2-11-12(5-9)17-8-16-11/h1-2,5,8,10,15H,3-4,6-7,13-14H2,(H,16,17). The molecule has 0 aliphatic carbocycles. The summed E-state index contributed by atoms with van der Waals surface area (Å²) in [6.07, 6.45) is 2.69. The van der Waals surface area contributed by atoms with E-state index in [1.54, 1.807) is 6.33 Å². The lowest BCUT2D eigenvalue weighted by Gasteiger charge is -2.09. The summed E-state index contributed by atoms with van der Waals surface area (Å²) in [6, 6.07) is 6.32. The van der Waals surface area contributed by atoms with Gasteiger partial charge in [-0.1, -0.05) is 6.07 Å². The SMILES string of the molecule is NCC(N)CNCCc1ccc2nc[nH]c2c1. The highest BCUT2D eigenvalue weighted by Gasteiger charge is 2.00. The third kappa shape index (κ3) is 3.26. The van der Waals surface area contributed by atoms with E-state index in [2.05, 4.69) is 27.4 Å². The highest BCUT2D eigenvalue weighted by Crippen LogP contribution is 2.11. The number of rotatable bonds is 6. The first-order valence-corrected chi connectivity index (χ1v) is 5.88. The molecule has 1 aromatic carbocycles. The summed E-state index contributed by atoms with van der Waals surface area (Å²) in [4.78, 5) is 7.30. The summed E-state index contributed by atoms with van der Waals surface area (Å²) in [5, 5.41) is 3.30. The molecule has 1 unspecified atom stereocenters. The van der Waals surface area contributed by atoms with E-state index in [1.807, 2.05) is 6.07 Å². The van der Waals surface area contributed by atoms with Gasteiger partial charge < -0.3 is 21.8 Å². The van der Waals surface area contributed by atoms with Gasteiger partial charge in [-0.3, -0.25) is 0 Å². The van der Waals surface area contributed by atoms with Gasteiger partial charge in [0, 0.05) is 19.1 Å². The van der Waals surface area contributed by atoms with Crippen molar-refractivity contribution in [1.82, 2.24) is 15.3 Å². The van der Waals surface area contributed by atoms with Crippen LogP contribution in [0.15, 0.2) is 24.5 Å². The van der Waals surface area contributed by atoms with E-state index in [9.17, 15) is 0 Å². The van der Waals surface area contributed by atoms with Crippen molar-refractivity contribution in [3.8, 4) is 0 Å². The average molecular weight is 233 g/mol. The van der Waals surface area contributed by atoms with Gasteiger partial charge in [-0.25, -0.2) is 4.98 Å². The summed E-state index contributed by atoms with van der Waals surface area (Å²) in [5.41, 5.74) is 14.5. The molecule has 92 valence electrons. The number of aromatic nitrogens is 2. The summed E-state index contributed by atoms with van der Waals surface area (Å²) in [6.45, 7) is 2.20. The Labute approximate surface area is 101 Å². The molecule has 0 amide bonds. The van der Waals surface area contributed by atoms with Crippen LogP contribution in [0.4, 0.5) is 0 Å². The molecular weight excluding hydrogens is 214 g/mol. The molecule has 0 radical (unpaired) electrons. The van der Waals surface area contributed by atoms with Crippen LogP contribution in [-0.2, 0) is 6.42 Å². The minimum Gasteiger partial charge on any atom is -0.345 e. The van der Waals surface area contributed by atoms with Crippen LogP contribution in [0, 0.1) is 0 Å². The lowest BCUT2D eigenvalue weighted by atomic mass is 10.1. The largest absolute Gasteiger partial charge is 0.345 e. The van der Waals surface area contributed by atoms with E-state index in [1.165, 1.54) is 5.56 Å². The fraction of sp³-hybridized carbons (Fsp3) is 0.417. The Kier molecular flexibility index (Phi) is 4.08. The molecule has 2 rings (SSSR count). The molecular formula is C12H19N5. The lowest BCUT2D eigenvalue weighted by molar-refractivity contribution is 0.583. The molecule has 0 fully saturated rings. The average Bonchev–Trinajstić information content (AvgIpc) is 2.81. The number of hydrogen-bond donors (Lipinski definition) is 4. The number of nitrogens with zero attached hydrogens (tertiary/aromatic N) is 1. The van der Waals surface area contributed by atoms with Crippen LogP contribution in [0.25, 0.3) is 11.0 Å². The van der Waals surface area contributed by atoms with Crippen LogP contribution in [0.5, 0.6) is 0 Å². The van der Waals surface area contributed by atoms with Crippen molar-refractivity contribution in [1.29, 1.82) is 0 Å². The van der Waals surface area contributed by atoms with Crippen molar-refractivity contribution in [3.63, 3.8) is 0 Å². The number of nitrogens with one attached hydrogen (secondary N) is 2. The third-order valence-electron chi connectivity index (χ3n) is 2.78. The second-order valence-electron chi connectivity index (χ2n) is 4.20. The first-order chi connectivity index (χ1) is 8.29. The molecule has 6 N–H and O–H groups in total. The molecule has 1 aromatic heterocycles. The fourth-order valence-corrected chi connectivity index (χ4v) is 1.74. The molecule has 0 saturated heterocycles. The maximum Gasteiger partial charge on any atom is 0.0931 e. The lowest BCUT2D eigenvalue weighted by Crippen LogP contribution is -2.40. The summed E-state index contributed by atoms with van der Waals surface area (Å²) in [7, 11) is 0. The third-order valence-corrected chi connectivity index (χ3v) is 2.78. The quantitative estimate of drug-likeness (QED) is 0.528. The minimum absolute atomic E-state index is 0.0464. The van der Waals surface area contributed by atoms with Gasteiger partial charge in [0.1, 0.15) is 0 Å². The van der Waals surface area contributed by atoms with Gasteiger partial charge in [0.25, 0.3) is 0 Å². The van der Waals surface area contributed by atoms with E-state index < -0.39 is 0 Å². The van der Waals surface area contributed by atoms with E-state index in [4.69, 9.17) is 11.5 Å². The highest BCUT2D eigenvalue weighted by atomic mass is 14.9. The first-order valence-electron chi connectivity index (χ1n) is 5.88. The zero-order valence-corrected chi connectivity index (χ0v) is 9.82. The van der Waals surface area contributed by atoms with Gasteiger partial charge >= 0.3 is 0 Å². The Balaban J connectivity index is 1.82. The molecule has 0 saturated carbocycles. The number of imidazole rings is 1. The van der Waals surface area contributed by atoms with E-state index >= 15 is 0 Å². The minimum atomic E-state index is 0.0464. The molecule has 1 atom stereocenters. The Morgan fingerprint density at radius 3 is 3.12 bits per heavy atom. The van der Waals surface area contributed by atoms with Crippen molar-refractivity contribution < 1.29 is 0 Å². The molecule has 1 heterocycles. The second-order valence-corrected chi connectivity index (χ2v) is 4.20. The van der Waals surface area contributed by atoms with Gasteiger partial charge in [-0.05, 0) is 30.7 Å². The van der Waals surface area contributed by atoms with Crippen LogP contribution in [-0.4, -0.2) is 35.6 Å². The fourth-order valence-electron chi connectivity index (χ4n) is 1.74. The van der Waals surface area contributed by atoms with Crippen LogP contribution in [0.1, 0.15) is 5.56 Å². The maximum absolute atomic E-state index is 5.71. The van der Waals surface area contributed by atoms with Gasteiger partial charge in [0.2, 0.25) is 0 Å². The van der Waals surface area contributed by atoms with E-state index in [0.717, 1.165) is 30.5 Å². The predicted molar refractivity (Wildman–Crippen MR) is 69.7 cm³/mol. The number of nitrogens with two attached hydrogens (primary N) is 2. The summed E-state index contributed by atoms with van der Waals surface area (Å²) in [5.74, 6) is 0. The van der Waals surface area contributed by atoms with Gasteiger partial charge in [0.15, 0.2) is 0 Å². The van der Waals surface area contributed by atoms with Crippen molar-refractivity contribution in [2.24, 2.45) is 11.5 Å². The van der Waals surface area contributed by atoms with Crippen LogP contribution >= 0.6 is 0 Å². The van der Waals surface area contributed by atoms with Crippen molar-refractivity contribution >= 4 is 11.0 Å². The Morgan fingerprint density at radius 1 is 1.41 bits per heavy atom. The number of H-pyrrole nitrogens is 1. The number of fused-ring (bicyclic) bond motifs is 1. The normalized spacial score (nSPS) is 13.1. The predicted octanol–water partition coefficient (Wildman–Crippen LogP) is -0.0190. The number of hydrogen-bond acceptors (Lipinski definition) is 4. The molecule has 0 aliphatic rings. The van der Waals surface area contributed by atoms with Crippen LogP contribution < -0.4 is 16.8 Å². The Bertz CT molecular complexity index is 465. The molecule has 0 aliphatic heterocycles. The molecule has 0 spiro atoms. The first kappa shape index (κ1) is 12.0. The van der Waals surface area contributed by atoms with Crippen molar-refractivity contribution in [2.45, 2.75) is 12.5 Å². The monoisotopic (exact) mass is 233 g/mol. The highest BCUT2D eigenvalue weighted by molar-refractivity contribution is 5.74.